The number of amides is 1. The monoisotopic (exact) mass is 334 g/mol. The Morgan fingerprint density at radius 3 is 1.91 bits per heavy atom. The number of hydrogen-bond acceptors (Lipinski definition) is 3. The van der Waals surface area contributed by atoms with E-state index in [1.54, 1.807) is 7.11 Å². The van der Waals surface area contributed by atoms with Crippen molar-refractivity contribution in [1.82, 2.24) is 10.2 Å². The number of ether oxygens (including phenoxy) is 1. The Hall–Kier alpha value is -0.320. The number of carbonyl (C=O) groups excluding carboxylic acids is 1. The summed E-state index contributed by atoms with van der Waals surface area (Å²) in [7, 11) is 1.69. The highest BCUT2D eigenvalue weighted by atomic mass is 35.5. The van der Waals surface area contributed by atoms with Crippen LogP contribution in [0.4, 0.5) is 0 Å². The molecule has 0 unspecified atom stereocenters. The van der Waals surface area contributed by atoms with Crippen molar-refractivity contribution in [3.8, 4) is 0 Å². The highest BCUT2D eigenvalue weighted by Gasteiger charge is 2.42. The summed E-state index contributed by atoms with van der Waals surface area (Å²) in [5.74, 6) is 1.43. The number of rotatable bonds is 8. The molecule has 1 rings (SSSR count). The van der Waals surface area contributed by atoms with Gasteiger partial charge in [-0.25, -0.2) is 0 Å². The molecule has 0 saturated carbocycles. The SMILES string of the molecule is COC1(C(=O)N(CCC(C)C)CCC(C)C)CCNCC1.Cl. The van der Waals surface area contributed by atoms with Crippen molar-refractivity contribution < 1.29 is 9.53 Å². The molecule has 0 aromatic heterocycles. The molecule has 1 aliphatic rings. The lowest BCUT2D eigenvalue weighted by Crippen LogP contribution is -2.55. The molecule has 1 N–H and O–H groups in total. The third kappa shape index (κ3) is 6.43. The van der Waals surface area contributed by atoms with Gasteiger partial charge in [-0.3, -0.25) is 4.79 Å². The standard InChI is InChI=1S/C17H34N2O2.ClH/c1-14(2)6-12-19(13-7-15(3)4)16(20)17(21-5)8-10-18-11-9-17;/h14-15,18H,6-13H2,1-5H3;1H. The van der Waals surface area contributed by atoms with Crippen molar-refractivity contribution in [3.05, 3.63) is 0 Å². The van der Waals surface area contributed by atoms with Gasteiger partial charge in [-0.05, 0) is 50.6 Å². The summed E-state index contributed by atoms with van der Waals surface area (Å²) in [5.41, 5.74) is -0.598. The Morgan fingerprint density at radius 1 is 1.09 bits per heavy atom. The molecule has 4 nitrogen and oxygen atoms in total. The lowest BCUT2D eigenvalue weighted by atomic mass is 9.90. The maximum absolute atomic E-state index is 13.0. The maximum Gasteiger partial charge on any atom is 0.254 e. The molecule has 0 bridgehead atoms. The van der Waals surface area contributed by atoms with Gasteiger partial charge in [0.1, 0.15) is 5.60 Å². The van der Waals surface area contributed by atoms with Crippen LogP contribution in [0, 0.1) is 11.8 Å². The van der Waals surface area contributed by atoms with Gasteiger partial charge in [0.2, 0.25) is 0 Å². The van der Waals surface area contributed by atoms with Gasteiger partial charge in [0, 0.05) is 20.2 Å². The van der Waals surface area contributed by atoms with Gasteiger partial charge in [0.05, 0.1) is 0 Å². The second-order valence-electron chi connectivity index (χ2n) is 7.11. The molecule has 0 aliphatic carbocycles. The van der Waals surface area contributed by atoms with Crippen molar-refractivity contribution >= 4 is 18.3 Å². The molecule has 1 amide bonds. The number of halogens is 1. The van der Waals surface area contributed by atoms with Crippen LogP contribution in [0.3, 0.4) is 0 Å². The first-order valence-electron chi connectivity index (χ1n) is 8.46. The Bertz CT molecular complexity index is 304. The van der Waals surface area contributed by atoms with Crippen molar-refractivity contribution in [3.63, 3.8) is 0 Å². The lowest BCUT2D eigenvalue weighted by molar-refractivity contribution is -0.158. The predicted octanol–water partition coefficient (Wildman–Crippen LogP) is 3.10. The van der Waals surface area contributed by atoms with Crippen LogP contribution in [-0.2, 0) is 9.53 Å². The van der Waals surface area contributed by atoms with Gasteiger partial charge < -0.3 is 15.0 Å². The number of nitrogens with one attached hydrogen (secondary N) is 1. The van der Waals surface area contributed by atoms with E-state index in [1.807, 2.05) is 0 Å². The molecule has 1 fully saturated rings. The molecule has 0 spiro atoms. The second-order valence-corrected chi connectivity index (χ2v) is 7.11. The average Bonchev–Trinajstić information content (AvgIpc) is 2.47. The Morgan fingerprint density at radius 2 is 1.55 bits per heavy atom. The first-order valence-corrected chi connectivity index (χ1v) is 8.46. The molecule has 132 valence electrons. The van der Waals surface area contributed by atoms with E-state index in [0.717, 1.165) is 51.9 Å². The summed E-state index contributed by atoms with van der Waals surface area (Å²) in [6.07, 6.45) is 3.67. The molecular weight excluding hydrogens is 300 g/mol. The van der Waals surface area contributed by atoms with Crippen LogP contribution in [0.2, 0.25) is 0 Å². The largest absolute Gasteiger partial charge is 0.368 e. The molecule has 5 heteroatoms. The molecule has 0 radical (unpaired) electrons. The normalized spacial score (nSPS) is 17.4. The van der Waals surface area contributed by atoms with E-state index in [2.05, 4.69) is 37.9 Å². The lowest BCUT2D eigenvalue weighted by Gasteiger charge is -2.39. The molecule has 22 heavy (non-hydrogen) atoms. The fourth-order valence-corrected chi connectivity index (χ4v) is 2.77. The second kappa shape index (κ2) is 10.5. The van der Waals surface area contributed by atoms with E-state index in [-0.39, 0.29) is 18.3 Å². The van der Waals surface area contributed by atoms with Gasteiger partial charge in [-0.15, -0.1) is 12.4 Å². The van der Waals surface area contributed by atoms with E-state index in [0.29, 0.717) is 11.8 Å². The van der Waals surface area contributed by atoms with Gasteiger partial charge in [-0.2, -0.15) is 0 Å². The quantitative estimate of drug-likeness (QED) is 0.741. The van der Waals surface area contributed by atoms with Gasteiger partial charge >= 0.3 is 0 Å². The highest BCUT2D eigenvalue weighted by Crippen LogP contribution is 2.26. The van der Waals surface area contributed by atoms with Gasteiger partial charge in [0.25, 0.3) is 5.91 Å². The van der Waals surface area contributed by atoms with Crippen molar-refractivity contribution in [2.75, 3.05) is 33.3 Å². The molecule has 0 aromatic rings. The zero-order valence-corrected chi connectivity index (χ0v) is 15.8. The molecule has 0 aromatic carbocycles. The minimum Gasteiger partial charge on any atom is -0.368 e. The summed E-state index contributed by atoms with van der Waals surface area (Å²) >= 11 is 0. The summed E-state index contributed by atoms with van der Waals surface area (Å²) in [6, 6.07) is 0. The molecular formula is C17H35ClN2O2. The Balaban J connectivity index is 0.00000441. The van der Waals surface area contributed by atoms with E-state index in [4.69, 9.17) is 4.74 Å². The van der Waals surface area contributed by atoms with E-state index in [9.17, 15) is 4.79 Å². The number of nitrogens with zero attached hydrogens (tertiary/aromatic N) is 1. The first-order chi connectivity index (χ1) is 9.91. The molecule has 1 saturated heterocycles. The zero-order valence-electron chi connectivity index (χ0n) is 15.0. The smallest absolute Gasteiger partial charge is 0.254 e. The molecule has 1 heterocycles. The Labute approximate surface area is 142 Å². The van der Waals surface area contributed by atoms with Crippen molar-refractivity contribution in [2.45, 2.75) is 59.0 Å². The molecule has 1 aliphatic heterocycles. The number of hydrogen-bond donors (Lipinski definition) is 1. The van der Waals surface area contributed by atoms with Gasteiger partial charge in [0.15, 0.2) is 0 Å². The van der Waals surface area contributed by atoms with Crippen LogP contribution in [0.5, 0.6) is 0 Å². The number of carbonyl (C=O) groups is 1. The van der Waals surface area contributed by atoms with Crippen molar-refractivity contribution in [2.24, 2.45) is 11.8 Å². The third-order valence-corrected chi connectivity index (χ3v) is 4.43. The van der Waals surface area contributed by atoms with Crippen LogP contribution < -0.4 is 5.32 Å². The summed E-state index contributed by atoms with van der Waals surface area (Å²) in [5, 5.41) is 3.32. The van der Waals surface area contributed by atoms with Gasteiger partial charge in [-0.1, -0.05) is 27.7 Å². The minimum absolute atomic E-state index is 0. The van der Waals surface area contributed by atoms with Crippen LogP contribution >= 0.6 is 12.4 Å². The Kier molecular flexibility index (Phi) is 10.3. The van der Waals surface area contributed by atoms with Crippen LogP contribution in [0.15, 0.2) is 0 Å². The van der Waals surface area contributed by atoms with Crippen molar-refractivity contribution in [1.29, 1.82) is 0 Å². The number of methoxy groups -OCH3 is 1. The van der Waals surface area contributed by atoms with Crippen LogP contribution in [0.1, 0.15) is 53.4 Å². The molecule has 0 atom stereocenters. The highest BCUT2D eigenvalue weighted by molar-refractivity contribution is 5.85. The third-order valence-electron chi connectivity index (χ3n) is 4.43. The minimum atomic E-state index is -0.598. The van der Waals surface area contributed by atoms with Crippen LogP contribution in [0.25, 0.3) is 0 Å². The average molecular weight is 335 g/mol. The van der Waals surface area contributed by atoms with E-state index >= 15 is 0 Å². The summed E-state index contributed by atoms with van der Waals surface area (Å²) in [4.78, 5) is 15.1. The fourth-order valence-electron chi connectivity index (χ4n) is 2.77. The number of piperidine rings is 1. The zero-order chi connectivity index (χ0) is 15.9. The topological polar surface area (TPSA) is 41.6 Å². The van der Waals surface area contributed by atoms with E-state index in [1.165, 1.54) is 0 Å². The summed E-state index contributed by atoms with van der Waals surface area (Å²) in [6.45, 7) is 12.3. The maximum atomic E-state index is 13.0. The van der Waals surface area contributed by atoms with Crippen LogP contribution in [-0.4, -0.2) is 49.7 Å². The first kappa shape index (κ1) is 21.7. The predicted molar refractivity (Wildman–Crippen MR) is 94.6 cm³/mol. The fraction of sp³-hybridized carbons (Fsp3) is 0.941. The summed E-state index contributed by atoms with van der Waals surface area (Å²) < 4.78 is 5.70. The van der Waals surface area contributed by atoms with E-state index < -0.39 is 5.60 Å².